The molecule has 0 spiro atoms. The van der Waals surface area contributed by atoms with E-state index in [1.54, 1.807) is 0 Å². The molecule has 0 heterocycles. The van der Waals surface area contributed by atoms with Gasteiger partial charge in [-0.25, -0.2) is 4.39 Å². The van der Waals surface area contributed by atoms with Crippen LogP contribution in [0.5, 0.6) is 11.5 Å². The number of phenols is 1. The number of carbonyl (C=O) groups is 2. The first-order valence-electron chi connectivity index (χ1n) is 12.2. The molecule has 0 aliphatic rings. The number of nitrogens with one attached hydrogen (secondary N) is 2. The molecule has 0 aromatic heterocycles. The van der Waals surface area contributed by atoms with Crippen molar-refractivity contribution in [2.45, 2.75) is 84.7 Å². The summed E-state index contributed by atoms with van der Waals surface area (Å²) < 4.78 is 19.0. The van der Waals surface area contributed by atoms with Gasteiger partial charge >= 0.3 is 0 Å². The largest absolute Gasteiger partial charge is 0.506 e. The molecule has 3 N–H and O–H groups in total. The number of benzene rings is 2. The number of hydrogen-bond donors (Lipinski definition) is 3. The van der Waals surface area contributed by atoms with Gasteiger partial charge in [-0.2, -0.15) is 0 Å². The summed E-state index contributed by atoms with van der Waals surface area (Å²) in [6.45, 7) is 13.6. The molecule has 0 saturated carbocycles. The van der Waals surface area contributed by atoms with Crippen LogP contribution in [0.25, 0.3) is 0 Å². The van der Waals surface area contributed by atoms with Crippen molar-refractivity contribution in [2.24, 2.45) is 0 Å². The van der Waals surface area contributed by atoms with Gasteiger partial charge in [0.05, 0.1) is 5.69 Å². The first kappa shape index (κ1) is 28.1. The Bertz CT molecular complexity index is 1050. The van der Waals surface area contributed by atoms with Crippen LogP contribution < -0.4 is 15.4 Å². The minimum Gasteiger partial charge on any atom is -0.506 e. The van der Waals surface area contributed by atoms with Crippen molar-refractivity contribution in [2.75, 3.05) is 17.3 Å². The van der Waals surface area contributed by atoms with Crippen LogP contribution in [0.15, 0.2) is 36.4 Å². The number of aromatic hydroxyl groups is 1. The summed E-state index contributed by atoms with van der Waals surface area (Å²) in [5, 5.41) is 15.1. The fourth-order valence-electron chi connectivity index (χ4n) is 3.61. The molecule has 0 aliphatic heterocycles. The molecule has 0 fully saturated rings. The lowest BCUT2D eigenvalue weighted by molar-refractivity contribution is -0.123. The van der Waals surface area contributed by atoms with Crippen molar-refractivity contribution in [1.82, 2.24) is 0 Å². The van der Waals surface area contributed by atoms with Gasteiger partial charge in [0.15, 0.2) is 12.8 Å². The molecule has 192 valence electrons. The Hall–Kier alpha value is -3.09. The minimum atomic E-state index is -1.25. The summed E-state index contributed by atoms with van der Waals surface area (Å²) in [5.41, 5.74) is 2.20. The summed E-state index contributed by atoms with van der Waals surface area (Å²) in [4.78, 5) is 24.7. The lowest BCUT2D eigenvalue weighted by Crippen LogP contribution is -2.33. The Morgan fingerprint density at radius 1 is 1.00 bits per heavy atom. The molecule has 2 aromatic carbocycles. The first-order valence-corrected chi connectivity index (χ1v) is 12.2. The van der Waals surface area contributed by atoms with Gasteiger partial charge in [-0.3, -0.25) is 9.59 Å². The highest BCUT2D eigenvalue weighted by Gasteiger charge is 2.29. The van der Waals surface area contributed by atoms with Crippen LogP contribution in [0, 0.1) is 0 Å². The standard InChI is InChI=1S/C28H39FN2O4/c1-8-22(26(34)30-20-12-11-13-21(32)25(20)31-24(33)17-29)35-23-15-14-18(27(4,5)9-2)16-19(23)28(6,7)10-3/h11-16,22,32H,8-10,17H2,1-7H3,(H,30,34)(H,31,33). The minimum absolute atomic E-state index is 0.00832. The van der Waals surface area contributed by atoms with Gasteiger partial charge in [-0.15, -0.1) is 0 Å². The second-order valence-corrected chi connectivity index (χ2v) is 10.1. The molecule has 0 saturated heterocycles. The van der Waals surface area contributed by atoms with E-state index >= 15 is 0 Å². The number of rotatable bonds is 11. The molecule has 0 bridgehead atoms. The monoisotopic (exact) mass is 486 g/mol. The number of carbonyl (C=O) groups excluding carboxylic acids is 2. The molecular weight excluding hydrogens is 447 g/mol. The number of alkyl halides is 1. The van der Waals surface area contributed by atoms with E-state index in [0.29, 0.717) is 12.2 Å². The Morgan fingerprint density at radius 2 is 1.66 bits per heavy atom. The number of hydrogen-bond acceptors (Lipinski definition) is 4. The van der Waals surface area contributed by atoms with Gasteiger partial charge in [0.25, 0.3) is 11.8 Å². The molecular formula is C28H39FN2O4. The number of para-hydroxylation sites is 1. The molecule has 7 heteroatoms. The summed E-state index contributed by atoms with van der Waals surface area (Å²) in [7, 11) is 0. The molecule has 6 nitrogen and oxygen atoms in total. The van der Waals surface area contributed by atoms with Crippen molar-refractivity contribution in [3.8, 4) is 11.5 Å². The Morgan fingerprint density at radius 3 is 2.23 bits per heavy atom. The maximum absolute atomic E-state index is 13.2. The van der Waals surface area contributed by atoms with Gasteiger partial charge in [-0.05, 0) is 53.9 Å². The third-order valence-corrected chi connectivity index (χ3v) is 6.88. The lowest BCUT2D eigenvalue weighted by atomic mass is 9.76. The molecule has 2 amide bonds. The third-order valence-electron chi connectivity index (χ3n) is 6.88. The number of anilines is 2. The predicted molar refractivity (Wildman–Crippen MR) is 139 cm³/mol. The van der Waals surface area contributed by atoms with Gasteiger partial charge in [0, 0.05) is 5.56 Å². The number of amides is 2. The quantitative estimate of drug-likeness (QED) is 0.318. The number of phenolic OH excluding ortho intramolecular Hbond substituents is 1. The molecule has 1 atom stereocenters. The topological polar surface area (TPSA) is 87.7 Å². The van der Waals surface area contributed by atoms with Gasteiger partial charge in [0.2, 0.25) is 0 Å². The summed E-state index contributed by atoms with van der Waals surface area (Å²) >= 11 is 0. The number of ether oxygens (including phenoxy) is 1. The zero-order valence-corrected chi connectivity index (χ0v) is 21.9. The van der Waals surface area contributed by atoms with E-state index < -0.39 is 24.6 Å². The van der Waals surface area contributed by atoms with Gasteiger partial charge < -0.3 is 20.5 Å². The van der Waals surface area contributed by atoms with Crippen LogP contribution in [0.3, 0.4) is 0 Å². The normalized spacial score (nSPS) is 12.7. The predicted octanol–water partition coefficient (Wildman–Crippen LogP) is 6.47. The lowest BCUT2D eigenvalue weighted by Gasteiger charge is -2.31. The van der Waals surface area contributed by atoms with Crippen molar-refractivity contribution >= 4 is 23.2 Å². The smallest absolute Gasteiger partial charge is 0.265 e. The SMILES string of the molecule is CCC(Oc1ccc(C(C)(C)CC)cc1C(C)(C)CC)C(=O)Nc1cccc(O)c1NC(=O)CF. The van der Waals surface area contributed by atoms with Crippen molar-refractivity contribution in [1.29, 1.82) is 0 Å². The van der Waals surface area contributed by atoms with E-state index in [1.807, 2.05) is 13.0 Å². The molecule has 0 aliphatic carbocycles. The summed E-state index contributed by atoms with van der Waals surface area (Å²) in [5.74, 6) is -0.991. The Labute approximate surface area is 208 Å². The van der Waals surface area contributed by atoms with Crippen molar-refractivity contribution in [3.05, 3.63) is 47.5 Å². The molecule has 1 unspecified atom stereocenters. The van der Waals surface area contributed by atoms with E-state index in [4.69, 9.17) is 4.74 Å². The van der Waals surface area contributed by atoms with Crippen LogP contribution >= 0.6 is 0 Å². The molecule has 0 radical (unpaired) electrons. The molecule has 2 rings (SSSR count). The van der Waals surface area contributed by atoms with Crippen LogP contribution in [0.2, 0.25) is 0 Å². The average molecular weight is 487 g/mol. The summed E-state index contributed by atoms with van der Waals surface area (Å²) in [6.07, 6.45) is 1.46. The molecule has 35 heavy (non-hydrogen) atoms. The van der Waals surface area contributed by atoms with E-state index in [2.05, 4.69) is 64.3 Å². The van der Waals surface area contributed by atoms with Crippen molar-refractivity contribution in [3.63, 3.8) is 0 Å². The zero-order chi connectivity index (χ0) is 26.4. The van der Waals surface area contributed by atoms with Crippen LogP contribution in [0.4, 0.5) is 15.8 Å². The van der Waals surface area contributed by atoms with Gasteiger partial charge in [-0.1, -0.05) is 66.7 Å². The van der Waals surface area contributed by atoms with E-state index in [1.165, 1.54) is 23.8 Å². The Kier molecular flexibility index (Phi) is 9.30. The van der Waals surface area contributed by atoms with E-state index in [9.17, 15) is 19.1 Å². The van der Waals surface area contributed by atoms with E-state index in [0.717, 1.165) is 18.4 Å². The fraction of sp³-hybridized carbons (Fsp3) is 0.500. The average Bonchev–Trinajstić information content (AvgIpc) is 2.84. The second-order valence-electron chi connectivity index (χ2n) is 10.1. The molecule has 2 aromatic rings. The highest BCUT2D eigenvalue weighted by atomic mass is 19.1. The van der Waals surface area contributed by atoms with Crippen LogP contribution in [-0.2, 0) is 20.4 Å². The highest BCUT2D eigenvalue weighted by molar-refractivity contribution is 6.02. The first-order chi connectivity index (χ1) is 16.4. The van der Waals surface area contributed by atoms with Gasteiger partial charge in [0.1, 0.15) is 17.2 Å². The van der Waals surface area contributed by atoms with Crippen LogP contribution in [-0.4, -0.2) is 29.7 Å². The van der Waals surface area contributed by atoms with Crippen LogP contribution in [0.1, 0.15) is 78.9 Å². The van der Waals surface area contributed by atoms with E-state index in [-0.39, 0.29) is 28.0 Å². The number of halogens is 1. The highest BCUT2D eigenvalue weighted by Crippen LogP contribution is 2.39. The summed E-state index contributed by atoms with van der Waals surface area (Å²) in [6, 6.07) is 10.6. The fourth-order valence-corrected chi connectivity index (χ4v) is 3.61. The van der Waals surface area contributed by atoms with Crippen molar-refractivity contribution < 1.29 is 23.8 Å². The zero-order valence-electron chi connectivity index (χ0n) is 21.9. The Balaban J connectivity index is 2.38. The second kappa shape index (κ2) is 11.6. The third kappa shape index (κ3) is 6.74. The maximum atomic E-state index is 13.2. The maximum Gasteiger partial charge on any atom is 0.265 e.